The van der Waals surface area contributed by atoms with E-state index in [1.54, 1.807) is 0 Å². The molecule has 1 aliphatic rings. The van der Waals surface area contributed by atoms with Crippen molar-refractivity contribution in [3.63, 3.8) is 0 Å². The van der Waals surface area contributed by atoms with Crippen LogP contribution in [0.15, 0.2) is 29.4 Å². The molecule has 0 spiro atoms. The Kier molecular flexibility index (Phi) is 5.76. The van der Waals surface area contributed by atoms with Crippen LogP contribution in [0.25, 0.3) is 11.3 Å². The van der Waals surface area contributed by atoms with Crippen molar-refractivity contribution in [2.45, 2.75) is 63.6 Å². The normalized spacial score (nSPS) is 17.6. The van der Waals surface area contributed by atoms with Crippen molar-refractivity contribution in [3.8, 4) is 17.3 Å². The van der Waals surface area contributed by atoms with Gasteiger partial charge < -0.3 is 4.90 Å². The van der Waals surface area contributed by atoms with Crippen LogP contribution in [0.3, 0.4) is 0 Å². The number of hydrogen-bond acceptors (Lipinski definition) is 5. The van der Waals surface area contributed by atoms with Crippen LogP contribution in [0.2, 0.25) is 0 Å². The van der Waals surface area contributed by atoms with Gasteiger partial charge in [-0.1, -0.05) is 56.8 Å². The molecule has 142 valence electrons. The molecule has 0 N–H and O–H groups in total. The molecule has 1 saturated heterocycles. The molecule has 4 nitrogen and oxygen atoms in total. The summed E-state index contributed by atoms with van der Waals surface area (Å²) in [5.74, 6) is 0.791. The maximum atomic E-state index is 9.96. The zero-order valence-corrected chi connectivity index (χ0v) is 17.7. The fourth-order valence-corrected chi connectivity index (χ4v) is 3.94. The first-order valence-electron chi connectivity index (χ1n) is 9.59. The number of rotatable bonds is 3. The van der Waals surface area contributed by atoms with E-state index in [1.807, 2.05) is 6.26 Å². The van der Waals surface area contributed by atoms with E-state index in [0.717, 1.165) is 41.6 Å². The SMILES string of the molecule is CSc1nc(-c2ccc(C(C)(C)C)cc2)c(C#N)c(N2CCCC[C@H]2C)n1. The van der Waals surface area contributed by atoms with Crippen LogP contribution in [0, 0.1) is 11.3 Å². The summed E-state index contributed by atoms with van der Waals surface area (Å²) in [5.41, 5.74) is 3.67. The molecule has 0 saturated carbocycles. The lowest BCUT2D eigenvalue weighted by molar-refractivity contribution is 0.479. The molecular weight excluding hydrogens is 352 g/mol. The molecule has 0 amide bonds. The van der Waals surface area contributed by atoms with Crippen molar-refractivity contribution in [2.24, 2.45) is 0 Å². The molecule has 0 unspecified atom stereocenters. The topological polar surface area (TPSA) is 52.8 Å². The Bertz CT molecular complexity index is 846. The van der Waals surface area contributed by atoms with E-state index in [1.165, 1.54) is 23.7 Å². The fraction of sp³-hybridized carbons (Fsp3) is 0.500. The van der Waals surface area contributed by atoms with E-state index in [9.17, 15) is 5.26 Å². The lowest BCUT2D eigenvalue weighted by Gasteiger charge is -2.35. The minimum absolute atomic E-state index is 0.0983. The third-order valence-electron chi connectivity index (χ3n) is 5.26. The highest BCUT2D eigenvalue weighted by molar-refractivity contribution is 7.98. The zero-order chi connectivity index (χ0) is 19.6. The summed E-state index contributed by atoms with van der Waals surface area (Å²) in [6, 6.07) is 11.2. The van der Waals surface area contributed by atoms with Crippen LogP contribution in [0.5, 0.6) is 0 Å². The lowest BCUT2D eigenvalue weighted by atomic mass is 9.86. The van der Waals surface area contributed by atoms with Crippen LogP contribution in [0.1, 0.15) is 58.1 Å². The van der Waals surface area contributed by atoms with E-state index in [-0.39, 0.29) is 5.41 Å². The summed E-state index contributed by atoms with van der Waals surface area (Å²) < 4.78 is 0. The van der Waals surface area contributed by atoms with Crippen molar-refractivity contribution in [1.29, 1.82) is 5.26 Å². The molecule has 3 rings (SSSR count). The van der Waals surface area contributed by atoms with E-state index < -0.39 is 0 Å². The number of hydrogen-bond donors (Lipinski definition) is 0. The number of anilines is 1. The van der Waals surface area contributed by atoms with Crippen molar-refractivity contribution in [3.05, 3.63) is 35.4 Å². The Morgan fingerprint density at radius 1 is 1.15 bits per heavy atom. The number of benzene rings is 1. The van der Waals surface area contributed by atoms with Gasteiger partial charge in [0.1, 0.15) is 11.6 Å². The van der Waals surface area contributed by atoms with Gasteiger partial charge in [-0.25, -0.2) is 9.97 Å². The quantitative estimate of drug-likeness (QED) is 0.526. The Morgan fingerprint density at radius 2 is 1.85 bits per heavy atom. The van der Waals surface area contributed by atoms with Crippen molar-refractivity contribution in [1.82, 2.24) is 9.97 Å². The molecule has 1 fully saturated rings. The first kappa shape index (κ1) is 19.7. The van der Waals surface area contributed by atoms with Gasteiger partial charge in [-0.2, -0.15) is 5.26 Å². The predicted octanol–water partition coefficient (Wildman–Crippen LogP) is 5.41. The van der Waals surface area contributed by atoms with Crippen LogP contribution < -0.4 is 4.90 Å². The largest absolute Gasteiger partial charge is 0.353 e. The van der Waals surface area contributed by atoms with Gasteiger partial charge in [0.2, 0.25) is 0 Å². The molecule has 0 radical (unpaired) electrons. The molecule has 1 aliphatic heterocycles. The van der Waals surface area contributed by atoms with Gasteiger partial charge in [-0.15, -0.1) is 0 Å². The zero-order valence-electron chi connectivity index (χ0n) is 16.9. The highest BCUT2D eigenvalue weighted by Gasteiger charge is 2.26. The summed E-state index contributed by atoms with van der Waals surface area (Å²) >= 11 is 1.53. The second-order valence-electron chi connectivity index (χ2n) is 8.23. The highest BCUT2D eigenvalue weighted by Crippen LogP contribution is 2.34. The summed E-state index contributed by atoms with van der Waals surface area (Å²) in [7, 11) is 0. The summed E-state index contributed by atoms with van der Waals surface area (Å²) in [5, 5.41) is 10.7. The van der Waals surface area contributed by atoms with Gasteiger partial charge in [-0.05, 0) is 43.4 Å². The van der Waals surface area contributed by atoms with Crippen LogP contribution >= 0.6 is 11.8 Å². The number of nitrogens with zero attached hydrogens (tertiary/aromatic N) is 4. The number of aromatic nitrogens is 2. The molecule has 1 aromatic heterocycles. The average molecular weight is 381 g/mol. The Morgan fingerprint density at radius 3 is 2.41 bits per heavy atom. The number of piperidine rings is 1. The molecule has 1 atom stereocenters. The minimum Gasteiger partial charge on any atom is -0.353 e. The molecule has 0 bridgehead atoms. The lowest BCUT2D eigenvalue weighted by Crippen LogP contribution is -2.38. The smallest absolute Gasteiger partial charge is 0.189 e. The second kappa shape index (κ2) is 7.90. The minimum atomic E-state index is 0.0983. The van der Waals surface area contributed by atoms with Gasteiger partial charge >= 0.3 is 0 Å². The van der Waals surface area contributed by atoms with Crippen LogP contribution in [-0.2, 0) is 5.41 Å². The standard InChI is InChI=1S/C22H28N4S/c1-15-8-6-7-13-26(15)20-18(14-23)19(24-21(25-20)27-5)16-9-11-17(12-10-16)22(2,3)4/h9-12,15H,6-8,13H2,1-5H3/t15-/m1/s1. The molecule has 0 aliphatic carbocycles. The summed E-state index contributed by atoms with van der Waals surface area (Å²) in [4.78, 5) is 11.7. The molecule has 1 aromatic carbocycles. The van der Waals surface area contributed by atoms with Crippen molar-refractivity contribution >= 4 is 17.6 Å². The first-order valence-corrected chi connectivity index (χ1v) is 10.8. The third kappa shape index (κ3) is 4.11. The molecule has 2 aromatic rings. The van der Waals surface area contributed by atoms with Gasteiger partial charge in [0.15, 0.2) is 11.0 Å². The predicted molar refractivity (Wildman–Crippen MR) is 113 cm³/mol. The molecule has 5 heteroatoms. The maximum Gasteiger partial charge on any atom is 0.189 e. The first-order chi connectivity index (χ1) is 12.8. The number of nitriles is 1. The highest BCUT2D eigenvalue weighted by atomic mass is 32.2. The van der Waals surface area contributed by atoms with Gasteiger partial charge in [0.05, 0.1) is 5.69 Å². The number of thioether (sulfide) groups is 1. The van der Waals surface area contributed by atoms with E-state index in [2.05, 4.69) is 62.9 Å². The monoisotopic (exact) mass is 380 g/mol. The van der Waals surface area contributed by atoms with Crippen LogP contribution in [-0.4, -0.2) is 28.8 Å². The van der Waals surface area contributed by atoms with E-state index in [0.29, 0.717) is 11.6 Å². The van der Waals surface area contributed by atoms with Crippen molar-refractivity contribution < 1.29 is 0 Å². The Labute approximate surface area is 167 Å². The Hall–Kier alpha value is -2.06. The fourth-order valence-electron chi connectivity index (χ4n) is 3.58. The summed E-state index contributed by atoms with van der Waals surface area (Å²) in [6.45, 7) is 9.78. The van der Waals surface area contributed by atoms with Gasteiger partial charge in [-0.3, -0.25) is 0 Å². The van der Waals surface area contributed by atoms with E-state index in [4.69, 9.17) is 9.97 Å². The van der Waals surface area contributed by atoms with E-state index >= 15 is 0 Å². The van der Waals surface area contributed by atoms with Crippen LogP contribution in [0.4, 0.5) is 5.82 Å². The molecular formula is C22H28N4S. The third-order valence-corrected chi connectivity index (χ3v) is 5.81. The Balaban J connectivity index is 2.12. The average Bonchev–Trinajstić information content (AvgIpc) is 2.66. The van der Waals surface area contributed by atoms with Gasteiger partial charge in [0, 0.05) is 18.2 Å². The van der Waals surface area contributed by atoms with Gasteiger partial charge in [0.25, 0.3) is 0 Å². The molecule has 27 heavy (non-hydrogen) atoms. The maximum absolute atomic E-state index is 9.96. The van der Waals surface area contributed by atoms with Crippen molar-refractivity contribution in [2.75, 3.05) is 17.7 Å². The molecule has 2 heterocycles. The summed E-state index contributed by atoms with van der Waals surface area (Å²) in [6.07, 6.45) is 5.50. The second-order valence-corrected chi connectivity index (χ2v) is 9.01.